The second kappa shape index (κ2) is 6.65. The molecule has 0 bridgehead atoms. The normalized spacial score (nSPS) is 10.3. The minimum atomic E-state index is -0.390. The highest BCUT2D eigenvalue weighted by Crippen LogP contribution is 2.12. The van der Waals surface area contributed by atoms with E-state index in [0.717, 1.165) is 0 Å². The highest BCUT2D eigenvalue weighted by molar-refractivity contribution is 5.94. The van der Waals surface area contributed by atoms with Crippen LogP contribution in [0.3, 0.4) is 0 Å². The summed E-state index contributed by atoms with van der Waals surface area (Å²) in [5.41, 5.74) is 0.415. The molecular formula is C13H16N4O3. The SMILES string of the molecule is CCOC(=O)c1cccnc1NCCc1noc(C)n1. The molecule has 1 N–H and O–H groups in total. The Morgan fingerprint density at radius 1 is 1.50 bits per heavy atom. The average molecular weight is 276 g/mol. The lowest BCUT2D eigenvalue weighted by atomic mass is 10.2. The van der Waals surface area contributed by atoms with Gasteiger partial charge in [-0.05, 0) is 19.1 Å². The fourth-order valence-corrected chi connectivity index (χ4v) is 1.66. The Bertz CT molecular complexity index is 583. The standard InChI is InChI=1S/C13H16N4O3/c1-3-19-13(18)10-5-4-7-14-12(10)15-8-6-11-16-9(2)20-17-11/h4-5,7H,3,6,8H2,1-2H3,(H,14,15). The Kier molecular flexibility index (Phi) is 4.65. The van der Waals surface area contributed by atoms with Crippen molar-refractivity contribution in [3.63, 3.8) is 0 Å². The Morgan fingerprint density at radius 3 is 3.05 bits per heavy atom. The number of esters is 1. The van der Waals surface area contributed by atoms with Crippen LogP contribution in [0.15, 0.2) is 22.9 Å². The third kappa shape index (κ3) is 3.53. The van der Waals surface area contributed by atoms with Crippen LogP contribution in [0.4, 0.5) is 5.82 Å². The molecule has 0 spiro atoms. The molecular weight excluding hydrogens is 260 g/mol. The van der Waals surface area contributed by atoms with E-state index in [1.807, 2.05) is 0 Å². The van der Waals surface area contributed by atoms with Crippen molar-refractivity contribution >= 4 is 11.8 Å². The van der Waals surface area contributed by atoms with Gasteiger partial charge in [-0.3, -0.25) is 0 Å². The van der Waals surface area contributed by atoms with Crippen molar-refractivity contribution in [1.29, 1.82) is 0 Å². The number of nitrogens with one attached hydrogen (secondary N) is 1. The lowest BCUT2D eigenvalue weighted by Crippen LogP contribution is -2.13. The van der Waals surface area contributed by atoms with Crippen molar-refractivity contribution in [3.05, 3.63) is 35.6 Å². The van der Waals surface area contributed by atoms with Crippen LogP contribution in [-0.2, 0) is 11.2 Å². The van der Waals surface area contributed by atoms with Crippen LogP contribution in [0.25, 0.3) is 0 Å². The maximum Gasteiger partial charge on any atom is 0.341 e. The molecule has 0 saturated heterocycles. The number of hydrogen-bond donors (Lipinski definition) is 1. The van der Waals surface area contributed by atoms with Crippen LogP contribution in [-0.4, -0.2) is 34.2 Å². The molecule has 0 unspecified atom stereocenters. The van der Waals surface area contributed by atoms with Crippen LogP contribution in [0.1, 0.15) is 29.0 Å². The number of carbonyl (C=O) groups excluding carboxylic acids is 1. The topological polar surface area (TPSA) is 90.1 Å². The van der Waals surface area contributed by atoms with Gasteiger partial charge in [-0.2, -0.15) is 4.98 Å². The summed E-state index contributed by atoms with van der Waals surface area (Å²) in [5.74, 6) is 1.25. The number of nitrogens with zero attached hydrogens (tertiary/aromatic N) is 3. The number of carbonyl (C=O) groups is 1. The Hall–Kier alpha value is -2.44. The Morgan fingerprint density at radius 2 is 2.35 bits per heavy atom. The summed E-state index contributed by atoms with van der Waals surface area (Å²) in [6, 6.07) is 3.37. The first kappa shape index (κ1) is 14.0. The summed E-state index contributed by atoms with van der Waals surface area (Å²) in [5, 5.41) is 6.87. The van der Waals surface area contributed by atoms with E-state index in [-0.39, 0.29) is 0 Å². The van der Waals surface area contributed by atoms with Gasteiger partial charge in [0.25, 0.3) is 0 Å². The number of aryl methyl sites for hydroxylation is 1. The van der Waals surface area contributed by atoms with E-state index in [1.165, 1.54) is 0 Å². The van der Waals surface area contributed by atoms with Gasteiger partial charge in [0.15, 0.2) is 5.82 Å². The highest BCUT2D eigenvalue weighted by atomic mass is 16.5. The lowest BCUT2D eigenvalue weighted by molar-refractivity contribution is 0.0527. The molecule has 2 rings (SSSR count). The minimum Gasteiger partial charge on any atom is -0.462 e. The van der Waals surface area contributed by atoms with Gasteiger partial charge in [0, 0.05) is 26.1 Å². The maximum absolute atomic E-state index is 11.8. The van der Waals surface area contributed by atoms with Gasteiger partial charge in [0.05, 0.1) is 6.61 Å². The van der Waals surface area contributed by atoms with Crippen molar-refractivity contribution in [2.75, 3.05) is 18.5 Å². The fourth-order valence-electron chi connectivity index (χ4n) is 1.66. The number of anilines is 1. The lowest BCUT2D eigenvalue weighted by Gasteiger charge is -2.09. The Labute approximate surface area is 116 Å². The molecule has 0 saturated carbocycles. The number of aromatic nitrogens is 3. The van der Waals surface area contributed by atoms with Crippen molar-refractivity contribution < 1.29 is 14.1 Å². The molecule has 7 heteroatoms. The average Bonchev–Trinajstić information content (AvgIpc) is 2.85. The van der Waals surface area contributed by atoms with E-state index in [4.69, 9.17) is 9.26 Å². The van der Waals surface area contributed by atoms with Gasteiger partial charge in [-0.25, -0.2) is 9.78 Å². The molecule has 106 valence electrons. The number of pyridine rings is 1. The summed E-state index contributed by atoms with van der Waals surface area (Å²) in [7, 11) is 0. The van der Waals surface area contributed by atoms with E-state index < -0.39 is 5.97 Å². The summed E-state index contributed by atoms with van der Waals surface area (Å²) in [6.45, 7) is 4.37. The summed E-state index contributed by atoms with van der Waals surface area (Å²) < 4.78 is 9.86. The summed E-state index contributed by atoms with van der Waals surface area (Å²) in [4.78, 5) is 20.0. The van der Waals surface area contributed by atoms with Crippen molar-refractivity contribution in [3.8, 4) is 0 Å². The van der Waals surface area contributed by atoms with Crippen LogP contribution in [0.5, 0.6) is 0 Å². The molecule has 2 heterocycles. The quantitative estimate of drug-likeness (QED) is 0.801. The molecule has 0 aliphatic rings. The largest absolute Gasteiger partial charge is 0.462 e. The molecule has 0 aliphatic carbocycles. The zero-order valence-electron chi connectivity index (χ0n) is 11.4. The van der Waals surface area contributed by atoms with Gasteiger partial charge in [0.1, 0.15) is 11.4 Å². The van der Waals surface area contributed by atoms with E-state index in [9.17, 15) is 4.79 Å². The first-order valence-electron chi connectivity index (χ1n) is 6.36. The first-order valence-corrected chi connectivity index (χ1v) is 6.36. The van der Waals surface area contributed by atoms with Crippen LogP contribution in [0, 0.1) is 6.92 Å². The van der Waals surface area contributed by atoms with Crippen molar-refractivity contribution in [2.45, 2.75) is 20.3 Å². The first-order chi connectivity index (χ1) is 9.70. The predicted molar refractivity (Wildman–Crippen MR) is 71.4 cm³/mol. The third-order valence-electron chi connectivity index (χ3n) is 2.51. The molecule has 0 amide bonds. The fraction of sp³-hybridized carbons (Fsp3) is 0.385. The number of ether oxygens (including phenoxy) is 1. The summed E-state index contributed by atoms with van der Waals surface area (Å²) in [6.07, 6.45) is 2.19. The van der Waals surface area contributed by atoms with Gasteiger partial charge >= 0.3 is 5.97 Å². The molecule has 0 radical (unpaired) electrons. The van der Waals surface area contributed by atoms with Crippen molar-refractivity contribution in [1.82, 2.24) is 15.1 Å². The van der Waals surface area contributed by atoms with Crippen LogP contribution in [0.2, 0.25) is 0 Å². The van der Waals surface area contributed by atoms with Crippen LogP contribution < -0.4 is 5.32 Å². The van der Waals surface area contributed by atoms with Gasteiger partial charge in [0.2, 0.25) is 5.89 Å². The van der Waals surface area contributed by atoms with Crippen molar-refractivity contribution in [2.24, 2.45) is 0 Å². The molecule has 2 aromatic rings. The molecule has 2 aromatic heterocycles. The zero-order chi connectivity index (χ0) is 14.4. The molecule has 0 fully saturated rings. The molecule has 0 aromatic carbocycles. The van der Waals surface area contributed by atoms with Gasteiger partial charge < -0.3 is 14.6 Å². The molecule has 20 heavy (non-hydrogen) atoms. The van der Waals surface area contributed by atoms with Crippen LogP contribution >= 0.6 is 0 Å². The van der Waals surface area contributed by atoms with Gasteiger partial charge in [-0.1, -0.05) is 5.16 Å². The smallest absolute Gasteiger partial charge is 0.341 e. The third-order valence-corrected chi connectivity index (χ3v) is 2.51. The highest BCUT2D eigenvalue weighted by Gasteiger charge is 2.13. The van der Waals surface area contributed by atoms with Gasteiger partial charge in [-0.15, -0.1) is 0 Å². The van der Waals surface area contributed by atoms with E-state index in [0.29, 0.717) is 42.7 Å². The van der Waals surface area contributed by atoms with E-state index >= 15 is 0 Å². The number of rotatable bonds is 6. The van der Waals surface area contributed by atoms with E-state index in [1.54, 1.807) is 32.2 Å². The predicted octanol–water partition coefficient (Wildman–Crippen LogP) is 1.60. The molecule has 7 nitrogen and oxygen atoms in total. The monoisotopic (exact) mass is 276 g/mol. The van der Waals surface area contributed by atoms with E-state index in [2.05, 4.69) is 20.4 Å². The molecule has 0 atom stereocenters. The Balaban J connectivity index is 1.97. The minimum absolute atomic E-state index is 0.329. The zero-order valence-corrected chi connectivity index (χ0v) is 11.4. The summed E-state index contributed by atoms with van der Waals surface area (Å²) >= 11 is 0. The number of hydrogen-bond acceptors (Lipinski definition) is 7. The second-order valence-electron chi connectivity index (χ2n) is 4.03. The maximum atomic E-state index is 11.8. The molecule has 0 aliphatic heterocycles. The second-order valence-corrected chi connectivity index (χ2v) is 4.03.